The number of urea groups is 1. The van der Waals surface area contributed by atoms with E-state index in [1.54, 1.807) is 7.11 Å². The summed E-state index contributed by atoms with van der Waals surface area (Å²) in [6.07, 6.45) is 0. The molecule has 5 nitrogen and oxygen atoms in total. The predicted molar refractivity (Wildman–Crippen MR) is 98.9 cm³/mol. The fourth-order valence-electron chi connectivity index (χ4n) is 3.85. The zero-order valence-electron chi connectivity index (χ0n) is 14.4. The molecule has 0 saturated carbocycles. The van der Waals surface area contributed by atoms with Gasteiger partial charge in [-0.3, -0.25) is 0 Å². The maximum absolute atomic E-state index is 12.7. The van der Waals surface area contributed by atoms with Gasteiger partial charge in [-0.25, -0.2) is 4.79 Å². The van der Waals surface area contributed by atoms with E-state index < -0.39 is 0 Å². The number of para-hydroxylation sites is 1. The zero-order chi connectivity index (χ0) is 17.2. The van der Waals surface area contributed by atoms with Crippen LogP contribution in [0.3, 0.4) is 0 Å². The Morgan fingerprint density at radius 1 is 1.12 bits per heavy atom. The van der Waals surface area contributed by atoms with Crippen LogP contribution in [0.15, 0.2) is 48.5 Å². The van der Waals surface area contributed by atoms with Gasteiger partial charge in [0.05, 0.1) is 12.8 Å². The van der Waals surface area contributed by atoms with Gasteiger partial charge < -0.3 is 20.3 Å². The van der Waals surface area contributed by atoms with Crippen molar-refractivity contribution < 1.29 is 9.53 Å². The van der Waals surface area contributed by atoms with E-state index in [1.165, 1.54) is 0 Å². The topological polar surface area (TPSA) is 53.6 Å². The van der Waals surface area contributed by atoms with Crippen molar-refractivity contribution in [2.75, 3.05) is 38.6 Å². The monoisotopic (exact) mass is 337 g/mol. The molecule has 5 heteroatoms. The molecule has 2 aromatic rings. The minimum Gasteiger partial charge on any atom is -0.497 e. The van der Waals surface area contributed by atoms with Gasteiger partial charge in [0.1, 0.15) is 5.75 Å². The lowest BCUT2D eigenvalue weighted by Gasteiger charge is -2.20. The average Bonchev–Trinajstić information content (AvgIpc) is 3.24. The summed E-state index contributed by atoms with van der Waals surface area (Å²) in [5, 5.41) is 6.51. The van der Waals surface area contributed by atoms with Gasteiger partial charge in [0.15, 0.2) is 0 Å². The molecule has 25 heavy (non-hydrogen) atoms. The van der Waals surface area contributed by atoms with Crippen LogP contribution in [0.25, 0.3) is 11.1 Å². The van der Waals surface area contributed by atoms with Crippen molar-refractivity contribution in [3.05, 3.63) is 48.5 Å². The quantitative estimate of drug-likeness (QED) is 0.905. The first-order valence-corrected chi connectivity index (χ1v) is 8.74. The number of carbonyl (C=O) groups is 1. The van der Waals surface area contributed by atoms with E-state index in [9.17, 15) is 4.79 Å². The minimum atomic E-state index is -0.00949. The van der Waals surface area contributed by atoms with Crippen molar-refractivity contribution in [2.24, 2.45) is 11.8 Å². The molecule has 130 valence electrons. The summed E-state index contributed by atoms with van der Waals surface area (Å²) in [6, 6.07) is 15.8. The fourth-order valence-corrected chi connectivity index (χ4v) is 3.85. The van der Waals surface area contributed by atoms with Crippen molar-refractivity contribution >= 4 is 11.7 Å². The van der Waals surface area contributed by atoms with Crippen LogP contribution in [0.5, 0.6) is 5.75 Å². The fraction of sp³-hybridized carbons (Fsp3) is 0.350. The SMILES string of the molecule is COc1cccc(-c2ccccc2NC(=O)N2C[C@H]3CNC[C@H]3C2)c1. The Balaban J connectivity index is 1.54. The first kappa shape index (κ1) is 16.0. The van der Waals surface area contributed by atoms with E-state index in [2.05, 4.69) is 10.6 Å². The third kappa shape index (κ3) is 3.20. The lowest BCUT2D eigenvalue weighted by atomic mass is 10.0. The minimum absolute atomic E-state index is 0.00949. The number of carbonyl (C=O) groups excluding carboxylic acids is 1. The van der Waals surface area contributed by atoms with Crippen molar-refractivity contribution in [1.29, 1.82) is 0 Å². The number of likely N-dealkylation sites (tertiary alicyclic amines) is 1. The van der Waals surface area contributed by atoms with Crippen LogP contribution >= 0.6 is 0 Å². The number of hydrogen-bond acceptors (Lipinski definition) is 3. The molecule has 0 bridgehead atoms. The Labute approximate surface area is 148 Å². The van der Waals surface area contributed by atoms with Gasteiger partial charge >= 0.3 is 6.03 Å². The van der Waals surface area contributed by atoms with Gasteiger partial charge in [-0.1, -0.05) is 30.3 Å². The predicted octanol–water partition coefficient (Wildman–Crippen LogP) is 3.05. The summed E-state index contributed by atoms with van der Waals surface area (Å²) in [5.41, 5.74) is 2.85. The summed E-state index contributed by atoms with van der Waals surface area (Å²) in [4.78, 5) is 14.7. The summed E-state index contributed by atoms with van der Waals surface area (Å²) < 4.78 is 5.32. The van der Waals surface area contributed by atoms with Crippen LogP contribution < -0.4 is 15.4 Å². The highest BCUT2D eigenvalue weighted by atomic mass is 16.5. The van der Waals surface area contributed by atoms with Gasteiger partial charge in [-0.2, -0.15) is 0 Å². The number of benzene rings is 2. The number of methoxy groups -OCH3 is 1. The maximum Gasteiger partial charge on any atom is 0.321 e. The Morgan fingerprint density at radius 2 is 1.88 bits per heavy atom. The van der Waals surface area contributed by atoms with Gasteiger partial charge in [0.25, 0.3) is 0 Å². The highest BCUT2D eigenvalue weighted by Gasteiger charge is 2.38. The molecule has 2 atom stereocenters. The molecule has 2 fully saturated rings. The Morgan fingerprint density at radius 3 is 2.64 bits per heavy atom. The third-order valence-corrected chi connectivity index (χ3v) is 5.23. The molecule has 2 heterocycles. The van der Waals surface area contributed by atoms with E-state index >= 15 is 0 Å². The first-order valence-electron chi connectivity index (χ1n) is 8.74. The Kier molecular flexibility index (Phi) is 4.32. The second-order valence-corrected chi connectivity index (χ2v) is 6.79. The lowest BCUT2D eigenvalue weighted by Crippen LogP contribution is -2.35. The number of fused-ring (bicyclic) bond motifs is 1. The van der Waals surface area contributed by atoms with Crippen LogP contribution in [-0.4, -0.2) is 44.2 Å². The molecule has 0 aromatic heterocycles. The first-order chi connectivity index (χ1) is 12.2. The highest BCUT2D eigenvalue weighted by Crippen LogP contribution is 2.31. The van der Waals surface area contributed by atoms with Crippen LogP contribution in [0.4, 0.5) is 10.5 Å². The number of ether oxygens (including phenoxy) is 1. The van der Waals surface area contributed by atoms with E-state index in [0.717, 1.165) is 48.7 Å². The van der Waals surface area contributed by atoms with Crippen LogP contribution in [0, 0.1) is 11.8 Å². The second kappa shape index (κ2) is 6.76. The third-order valence-electron chi connectivity index (χ3n) is 5.23. The molecule has 2 amide bonds. The van der Waals surface area contributed by atoms with Gasteiger partial charge in [-0.05, 0) is 35.6 Å². The van der Waals surface area contributed by atoms with E-state index in [-0.39, 0.29) is 6.03 Å². The van der Waals surface area contributed by atoms with Gasteiger partial charge in [-0.15, -0.1) is 0 Å². The number of hydrogen-bond donors (Lipinski definition) is 2. The number of nitrogens with zero attached hydrogens (tertiary/aromatic N) is 1. The van der Waals surface area contributed by atoms with Crippen LogP contribution in [0.2, 0.25) is 0 Å². The van der Waals surface area contributed by atoms with Crippen molar-refractivity contribution in [3.8, 4) is 16.9 Å². The van der Waals surface area contributed by atoms with Gasteiger partial charge in [0, 0.05) is 31.7 Å². The molecular weight excluding hydrogens is 314 g/mol. The number of amides is 2. The molecule has 2 aromatic carbocycles. The summed E-state index contributed by atoms with van der Waals surface area (Å²) in [5.74, 6) is 2.00. The molecule has 2 aliphatic rings. The average molecular weight is 337 g/mol. The number of anilines is 1. The standard InChI is InChI=1S/C20H23N3O2/c1-25-17-6-4-5-14(9-17)18-7-2-3-8-19(18)22-20(24)23-12-15-10-21-11-16(15)13-23/h2-9,15-16,21H,10-13H2,1H3,(H,22,24)/t15-,16+. The summed E-state index contributed by atoms with van der Waals surface area (Å²) >= 11 is 0. The largest absolute Gasteiger partial charge is 0.497 e. The van der Waals surface area contributed by atoms with Crippen LogP contribution in [0.1, 0.15) is 0 Å². The molecule has 2 aliphatic heterocycles. The molecule has 0 radical (unpaired) electrons. The van der Waals surface area contributed by atoms with Gasteiger partial charge in [0.2, 0.25) is 0 Å². The lowest BCUT2D eigenvalue weighted by molar-refractivity contribution is 0.219. The molecular formula is C20H23N3O2. The smallest absolute Gasteiger partial charge is 0.321 e. The van der Waals surface area contributed by atoms with E-state index in [1.807, 2.05) is 53.4 Å². The molecule has 0 unspecified atom stereocenters. The normalized spacial score (nSPS) is 21.9. The second-order valence-electron chi connectivity index (χ2n) is 6.79. The molecule has 4 rings (SSSR count). The summed E-state index contributed by atoms with van der Waals surface area (Å²) in [7, 11) is 1.66. The summed E-state index contributed by atoms with van der Waals surface area (Å²) in [6.45, 7) is 3.72. The molecule has 0 spiro atoms. The molecule has 2 N–H and O–H groups in total. The molecule has 2 saturated heterocycles. The van der Waals surface area contributed by atoms with Crippen LogP contribution in [-0.2, 0) is 0 Å². The van der Waals surface area contributed by atoms with E-state index in [4.69, 9.17) is 4.74 Å². The van der Waals surface area contributed by atoms with Crippen molar-refractivity contribution in [3.63, 3.8) is 0 Å². The van der Waals surface area contributed by atoms with Crippen molar-refractivity contribution in [1.82, 2.24) is 10.2 Å². The number of nitrogens with one attached hydrogen (secondary N) is 2. The zero-order valence-corrected chi connectivity index (χ0v) is 14.4. The highest BCUT2D eigenvalue weighted by molar-refractivity contribution is 5.94. The Hall–Kier alpha value is -2.53. The van der Waals surface area contributed by atoms with Crippen molar-refractivity contribution in [2.45, 2.75) is 0 Å². The molecule has 0 aliphatic carbocycles. The number of rotatable bonds is 3. The maximum atomic E-state index is 12.7. The van der Waals surface area contributed by atoms with E-state index in [0.29, 0.717) is 11.8 Å². The Bertz CT molecular complexity index is 765.